The minimum Gasteiger partial charge on any atom is -0.508 e. The lowest BCUT2D eigenvalue weighted by molar-refractivity contribution is -0.127. The normalized spacial score (nSPS) is 28.2. The van der Waals surface area contributed by atoms with E-state index in [2.05, 4.69) is 15.9 Å². The van der Waals surface area contributed by atoms with Crippen molar-refractivity contribution in [1.82, 2.24) is 0 Å². The van der Waals surface area contributed by atoms with Gasteiger partial charge in [-0.3, -0.25) is 24.1 Å². The summed E-state index contributed by atoms with van der Waals surface area (Å²) in [6.07, 6.45) is 2.46. The second-order valence-corrected chi connectivity index (χ2v) is 14.0. The highest BCUT2D eigenvalue weighted by Crippen LogP contribution is 2.65. The number of fused-ring (bicyclic) bond motifs is 4. The molecule has 4 aromatic carbocycles. The van der Waals surface area contributed by atoms with Crippen LogP contribution in [-0.2, 0) is 24.6 Å². The van der Waals surface area contributed by atoms with E-state index < -0.39 is 46.8 Å². The number of imide groups is 2. The van der Waals surface area contributed by atoms with E-state index in [1.54, 1.807) is 66.7 Å². The molecular formula is C38H28BrClN2O5. The van der Waals surface area contributed by atoms with Crippen molar-refractivity contribution in [3.63, 3.8) is 0 Å². The second kappa shape index (κ2) is 11.0. The average Bonchev–Trinajstić information content (AvgIpc) is 3.47. The molecule has 2 saturated heterocycles. The summed E-state index contributed by atoms with van der Waals surface area (Å²) in [7, 11) is 0. The Morgan fingerprint density at radius 3 is 2.17 bits per heavy atom. The molecule has 234 valence electrons. The molecule has 6 atom stereocenters. The Bertz CT molecular complexity index is 2020. The largest absolute Gasteiger partial charge is 0.508 e. The summed E-state index contributed by atoms with van der Waals surface area (Å²) >= 11 is 9.93. The lowest BCUT2D eigenvalue weighted by atomic mass is 9.49. The summed E-state index contributed by atoms with van der Waals surface area (Å²) in [6.45, 7) is 0. The van der Waals surface area contributed by atoms with Crippen LogP contribution in [0.15, 0.2) is 119 Å². The van der Waals surface area contributed by atoms with Gasteiger partial charge in [0.2, 0.25) is 23.6 Å². The Hall–Kier alpha value is -4.53. The summed E-state index contributed by atoms with van der Waals surface area (Å²) in [4.78, 5) is 60.7. The first-order valence-electron chi connectivity index (χ1n) is 15.5. The van der Waals surface area contributed by atoms with Gasteiger partial charge in [0.05, 0.1) is 34.5 Å². The van der Waals surface area contributed by atoms with Crippen molar-refractivity contribution >= 4 is 62.5 Å². The Kier molecular flexibility index (Phi) is 7.00. The number of carbonyl (C=O) groups is 4. The van der Waals surface area contributed by atoms with Gasteiger partial charge in [-0.2, -0.15) is 0 Å². The maximum atomic E-state index is 15.2. The number of rotatable bonds is 4. The highest BCUT2D eigenvalue weighted by Gasteiger charge is 2.70. The van der Waals surface area contributed by atoms with Crippen molar-refractivity contribution in [3.05, 3.63) is 135 Å². The summed E-state index contributed by atoms with van der Waals surface area (Å²) < 4.78 is 0.687. The van der Waals surface area contributed by atoms with Crippen LogP contribution in [0.3, 0.4) is 0 Å². The molecule has 47 heavy (non-hydrogen) atoms. The van der Waals surface area contributed by atoms with Crippen molar-refractivity contribution in [2.24, 2.45) is 23.7 Å². The number of allylic oxidation sites excluding steroid dienone is 2. The van der Waals surface area contributed by atoms with Crippen LogP contribution in [0, 0.1) is 23.7 Å². The van der Waals surface area contributed by atoms with E-state index in [9.17, 15) is 19.5 Å². The van der Waals surface area contributed by atoms with Crippen LogP contribution in [-0.4, -0.2) is 28.7 Å². The molecule has 7 nitrogen and oxygen atoms in total. The number of nitrogens with zero attached hydrogens (tertiary/aromatic N) is 2. The van der Waals surface area contributed by atoms with Crippen molar-refractivity contribution < 1.29 is 24.3 Å². The summed E-state index contributed by atoms with van der Waals surface area (Å²) in [6, 6.07) is 29.9. The number of phenolic OH excluding ortho intramolecular Hbond substituents is 1. The molecule has 4 aromatic rings. The summed E-state index contributed by atoms with van der Waals surface area (Å²) in [5.74, 6) is -5.02. The zero-order valence-electron chi connectivity index (χ0n) is 24.9. The zero-order chi connectivity index (χ0) is 32.6. The fourth-order valence-corrected chi connectivity index (χ4v) is 9.24. The standard InChI is InChI=1S/C38H28BrClN2O5/c39-22-14-17-31(43)29(18-22)33-26-15-16-27-32(36(46)41(34(27)44)24-11-5-2-6-12-24)28(26)20-30-35(45)42(25-13-7-10-23(40)19-25)37(47)38(30,33)21-8-3-1-4-9-21/h1-15,17-19,27-28,30,32-33,43H,16,20H2/t27-,28+,30-,32-,33+,38+/m0/s1. The van der Waals surface area contributed by atoms with Crippen LogP contribution in [0.2, 0.25) is 5.02 Å². The van der Waals surface area contributed by atoms with Crippen LogP contribution in [0.25, 0.3) is 0 Å². The highest BCUT2D eigenvalue weighted by atomic mass is 79.9. The van der Waals surface area contributed by atoms with Crippen molar-refractivity contribution in [2.45, 2.75) is 24.2 Å². The SMILES string of the molecule is O=C1[C@H]2[C@H](CC=C3[C@H]2C[C@H]2C(=O)N(c4cccc(Cl)c4)C(=O)[C@@]2(c2ccccc2)[C@H]3c2cc(Br)ccc2O)C(=O)N1c1ccccc1. The van der Waals surface area contributed by atoms with Gasteiger partial charge in [-0.15, -0.1) is 0 Å². The predicted molar refractivity (Wildman–Crippen MR) is 181 cm³/mol. The number of anilines is 2. The zero-order valence-corrected chi connectivity index (χ0v) is 27.3. The molecule has 3 fully saturated rings. The maximum Gasteiger partial charge on any atom is 0.246 e. The van der Waals surface area contributed by atoms with Crippen molar-refractivity contribution in [3.8, 4) is 5.75 Å². The van der Waals surface area contributed by atoms with Crippen LogP contribution in [0.1, 0.15) is 29.9 Å². The minimum absolute atomic E-state index is 0.0304. The van der Waals surface area contributed by atoms with Gasteiger partial charge in [0.1, 0.15) is 5.75 Å². The number of hydrogen-bond acceptors (Lipinski definition) is 5. The Labute approximate surface area is 284 Å². The van der Waals surface area contributed by atoms with Crippen LogP contribution < -0.4 is 9.80 Å². The summed E-state index contributed by atoms with van der Waals surface area (Å²) in [5, 5.41) is 11.9. The van der Waals surface area contributed by atoms with Gasteiger partial charge in [-0.05, 0) is 72.9 Å². The molecule has 2 heterocycles. The number of phenols is 1. The fourth-order valence-electron chi connectivity index (χ4n) is 8.68. The first kappa shape index (κ1) is 29.8. The molecule has 1 saturated carbocycles. The third-order valence-corrected chi connectivity index (χ3v) is 11.2. The Balaban J connectivity index is 1.38. The van der Waals surface area contributed by atoms with Crippen LogP contribution in [0.4, 0.5) is 11.4 Å². The van der Waals surface area contributed by atoms with E-state index in [0.29, 0.717) is 38.4 Å². The van der Waals surface area contributed by atoms with Gasteiger partial charge >= 0.3 is 0 Å². The number of para-hydroxylation sites is 1. The summed E-state index contributed by atoms with van der Waals surface area (Å²) in [5.41, 5.74) is 1.29. The first-order chi connectivity index (χ1) is 22.7. The Morgan fingerprint density at radius 1 is 0.745 bits per heavy atom. The van der Waals surface area contributed by atoms with Crippen molar-refractivity contribution in [2.75, 3.05) is 9.80 Å². The van der Waals surface area contributed by atoms with Crippen LogP contribution >= 0.6 is 27.5 Å². The highest BCUT2D eigenvalue weighted by molar-refractivity contribution is 9.10. The molecule has 0 unspecified atom stereocenters. The molecule has 4 aliphatic rings. The van der Waals surface area contributed by atoms with E-state index in [1.807, 2.05) is 42.5 Å². The van der Waals surface area contributed by atoms with Gasteiger partial charge in [0, 0.05) is 21.0 Å². The molecule has 0 spiro atoms. The minimum atomic E-state index is -1.46. The number of carbonyl (C=O) groups excluding carboxylic acids is 4. The van der Waals surface area contributed by atoms with Crippen molar-refractivity contribution in [1.29, 1.82) is 0 Å². The van der Waals surface area contributed by atoms with Gasteiger partial charge < -0.3 is 5.11 Å². The van der Waals surface area contributed by atoms with E-state index in [1.165, 1.54) is 9.80 Å². The molecule has 0 radical (unpaired) electrons. The van der Waals surface area contributed by atoms with E-state index in [-0.39, 0.29) is 24.0 Å². The quantitative estimate of drug-likeness (QED) is 0.179. The van der Waals surface area contributed by atoms with Gasteiger partial charge in [0.25, 0.3) is 0 Å². The Morgan fingerprint density at radius 2 is 1.45 bits per heavy atom. The molecule has 2 aliphatic heterocycles. The second-order valence-electron chi connectivity index (χ2n) is 12.6. The number of amides is 4. The average molecular weight is 708 g/mol. The molecule has 4 amide bonds. The fraction of sp³-hybridized carbons (Fsp3) is 0.211. The lowest BCUT2D eigenvalue weighted by Gasteiger charge is -2.50. The van der Waals surface area contributed by atoms with E-state index in [4.69, 9.17) is 11.6 Å². The molecule has 2 aliphatic carbocycles. The molecular weight excluding hydrogens is 680 g/mol. The lowest BCUT2D eigenvalue weighted by Crippen LogP contribution is -2.53. The molecule has 1 N–H and O–H groups in total. The third-order valence-electron chi connectivity index (χ3n) is 10.5. The van der Waals surface area contributed by atoms with E-state index in [0.717, 1.165) is 5.57 Å². The number of aromatic hydroxyl groups is 1. The first-order valence-corrected chi connectivity index (χ1v) is 16.7. The van der Waals surface area contributed by atoms with Gasteiger partial charge in [-0.1, -0.05) is 93.8 Å². The smallest absolute Gasteiger partial charge is 0.246 e. The van der Waals surface area contributed by atoms with Crippen LogP contribution in [0.5, 0.6) is 5.75 Å². The predicted octanol–water partition coefficient (Wildman–Crippen LogP) is 7.18. The molecule has 0 aromatic heterocycles. The topological polar surface area (TPSA) is 95.0 Å². The van der Waals surface area contributed by atoms with Gasteiger partial charge in [-0.25, -0.2) is 4.90 Å². The monoisotopic (exact) mass is 706 g/mol. The van der Waals surface area contributed by atoms with E-state index >= 15 is 4.79 Å². The van der Waals surface area contributed by atoms with Gasteiger partial charge in [0.15, 0.2) is 0 Å². The molecule has 9 heteroatoms. The number of hydrogen-bond donors (Lipinski definition) is 1. The third kappa shape index (κ3) is 4.24. The molecule has 0 bridgehead atoms. The number of halogens is 2. The number of benzene rings is 4. The molecule has 8 rings (SSSR count). The maximum absolute atomic E-state index is 15.2.